The van der Waals surface area contributed by atoms with Crippen molar-refractivity contribution in [3.8, 4) is 0 Å². The second kappa shape index (κ2) is 7.96. The number of amides is 1. The summed E-state index contributed by atoms with van der Waals surface area (Å²) in [6.45, 7) is 9.56. The first-order valence-corrected chi connectivity index (χ1v) is 7.72. The lowest BCUT2D eigenvalue weighted by Crippen LogP contribution is -2.56. The van der Waals surface area contributed by atoms with Crippen LogP contribution in [0.2, 0.25) is 0 Å². The summed E-state index contributed by atoms with van der Waals surface area (Å²) in [6, 6.07) is 0.300. The minimum absolute atomic E-state index is 0.277. The second-order valence-electron chi connectivity index (χ2n) is 6.30. The van der Waals surface area contributed by atoms with E-state index >= 15 is 0 Å². The van der Waals surface area contributed by atoms with Crippen molar-refractivity contribution >= 4 is 5.91 Å². The van der Waals surface area contributed by atoms with Crippen LogP contribution >= 0.6 is 0 Å². The van der Waals surface area contributed by atoms with E-state index in [2.05, 4.69) is 24.2 Å². The number of likely N-dealkylation sites (N-methyl/N-ethyl adjacent to an activating group) is 1. The van der Waals surface area contributed by atoms with Crippen molar-refractivity contribution in [2.24, 2.45) is 11.7 Å². The normalized spacial score (nSPS) is 24.4. The van der Waals surface area contributed by atoms with Gasteiger partial charge in [0.25, 0.3) is 0 Å². The lowest BCUT2D eigenvalue weighted by atomic mass is 9.91. The summed E-state index contributed by atoms with van der Waals surface area (Å²) in [5.74, 6) is 0.329. The Labute approximate surface area is 123 Å². The number of rotatable bonds is 8. The average molecular weight is 285 g/mol. The average Bonchev–Trinajstić information content (AvgIpc) is 2.39. The molecule has 1 fully saturated rings. The van der Waals surface area contributed by atoms with Crippen molar-refractivity contribution in [3.63, 3.8) is 0 Å². The van der Waals surface area contributed by atoms with Gasteiger partial charge in [-0.15, -0.1) is 0 Å². The van der Waals surface area contributed by atoms with Crippen LogP contribution in [-0.2, 0) is 9.53 Å². The Kier molecular flexibility index (Phi) is 6.92. The Morgan fingerprint density at radius 1 is 1.60 bits per heavy atom. The molecule has 1 aliphatic rings. The number of hydrogen-bond donors (Lipinski definition) is 2. The van der Waals surface area contributed by atoms with Crippen LogP contribution in [0.3, 0.4) is 0 Å². The van der Waals surface area contributed by atoms with Crippen LogP contribution in [0.4, 0.5) is 0 Å². The smallest absolute Gasteiger partial charge is 0.237 e. The van der Waals surface area contributed by atoms with E-state index < -0.39 is 5.54 Å². The highest BCUT2D eigenvalue weighted by atomic mass is 16.5. The van der Waals surface area contributed by atoms with E-state index in [4.69, 9.17) is 10.5 Å². The van der Waals surface area contributed by atoms with Crippen LogP contribution in [0.1, 0.15) is 40.0 Å². The zero-order chi connectivity index (χ0) is 15.2. The molecule has 1 heterocycles. The maximum atomic E-state index is 11.7. The van der Waals surface area contributed by atoms with Gasteiger partial charge in [0, 0.05) is 19.2 Å². The quantitative estimate of drug-likeness (QED) is 0.697. The molecule has 0 spiro atoms. The van der Waals surface area contributed by atoms with Gasteiger partial charge in [-0.1, -0.05) is 6.92 Å². The molecule has 0 bridgehead atoms. The Bertz CT molecular complexity index is 305. The second-order valence-corrected chi connectivity index (χ2v) is 6.30. The van der Waals surface area contributed by atoms with Crippen molar-refractivity contribution < 1.29 is 9.53 Å². The summed E-state index contributed by atoms with van der Waals surface area (Å²) >= 11 is 0. The number of carbonyl (C=O) groups excluding carboxylic acids is 1. The van der Waals surface area contributed by atoms with Crippen LogP contribution in [0.5, 0.6) is 0 Å². The summed E-state index contributed by atoms with van der Waals surface area (Å²) in [6.07, 6.45) is 3.11. The van der Waals surface area contributed by atoms with Gasteiger partial charge < -0.3 is 20.7 Å². The monoisotopic (exact) mass is 285 g/mol. The molecule has 0 aromatic heterocycles. The molecule has 5 heteroatoms. The number of ether oxygens (including phenoxy) is 1. The SMILES string of the molecule is CCNC(C)(CC(C)N(C)CC1CCCOC1)C(N)=O. The molecule has 1 saturated heterocycles. The molecule has 20 heavy (non-hydrogen) atoms. The van der Waals surface area contributed by atoms with Crippen molar-refractivity contribution in [1.29, 1.82) is 0 Å². The number of nitrogens with two attached hydrogens (primary N) is 1. The highest BCUT2D eigenvalue weighted by Gasteiger charge is 2.33. The lowest BCUT2D eigenvalue weighted by molar-refractivity contribution is -0.124. The van der Waals surface area contributed by atoms with Gasteiger partial charge in [0.2, 0.25) is 5.91 Å². The third kappa shape index (κ3) is 5.04. The molecular weight excluding hydrogens is 254 g/mol. The topological polar surface area (TPSA) is 67.6 Å². The van der Waals surface area contributed by atoms with Gasteiger partial charge in [0.05, 0.1) is 12.1 Å². The summed E-state index contributed by atoms with van der Waals surface area (Å²) < 4.78 is 5.53. The lowest BCUT2D eigenvalue weighted by Gasteiger charge is -2.36. The molecule has 5 nitrogen and oxygen atoms in total. The van der Waals surface area contributed by atoms with Gasteiger partial charge in [-0.3, -0.25) is 4.79 Å². The Balaban J connectivity index is 2.50. The molecule has 0 aromatic carbocycles. The Morgan fingerprint density at radius 3 is 2.80 bits per heavy atom. The summed E-state index contributed by atoms with van der Waals surface area (Å²) in [5, 5.41) is 3.22. The standard InChI is InChI=1S/C15H31N3O2/c1-5-17-15(3,14(16)19)9-12(2)18(4)10-13-7-6-8-20-11-13/h12-13,17H,5-11H2,1-4H3,(H2,16,19). The fourth-order valence-electron chi connectivity index (χ4n) is 2.94. The van der Waals surface area contributed by atoms with Crippen molar-refractivity contribution in [2.75, 3.05) is 33.4 Å². The van der Waals surface area contributed by atoms with E-state index in [-0.39, 0.29) is 5.91 Å². The Hall–Kier alpha value is -0.650. The molecule has 0 aromatic rings. The molecule has 3 N–H and O–H groups in total. The van der Waals surface area contributed by atoms with Crippen LogP contribution in [0, 0.1) is 5.92 Å². The number of primary amides is 1. The highest BCUT2D eigenvalue weighted by molar-refractivity contribution is 5.84. The van der Waals surface area contributed by atoms with Crippen molar-refractivity contribution in [3.05, 3.63) is 0 Å². The third-order valence-electron chi connectivity index (χ3n) is 4.37. The number of carbonyl (C=O) groups is 1. The molecular formula is C15H31N3O2. The van der Waals surface area contributed by atoms with Crippen LogP contribution in [-0.4, -0.2) is 55.7 Å². The zero-order valence-electron chi connectivity index (χ0n) is 13.4. The molecule has 0 radical (unpaired) electrons. The van der Waals surface area contributed by atoms with E-state index in [0.717, 1.165) is 39.1 Å². The van der Waals surface area contributed by atoms with Gasteiger partial charge in [-0.25, -0.2) is 0 Å². The predicted octanol–water partition coefficient (Wildman–Crippen LogP) is 0.977. The van der Waals surface area contributed by atoms with Gasteiger partial charge >= 0.3 is 0 Å². The molecule has 0 aliphatic carbocycles. The molecule has 1 aliphatic heterocycles. The molecule has 118 valence electrons. The van der Waals surface area contributed by atoms with Crippen LogP contribution in [0.15, 0.2) is 0 Å². The Morgan fingerprint density at radius 2 is 2.30 bits per heavy atom. The van der Waals surface area contributed by atoms with Gasteiger partial charge in [-0.2, -0.15) is 0 Å². The fourth-order valence-corrected chi connectivity index (χ4v) is 2.94. The van der Waals surface area contributed by atoms with E-state index in [9.17, 15) is 4.79 Å². The summed E-state index contributed by atoms with van der Waals surface area (Å²) in [7, 11) is 2.12. The largest absolute Gasteiger partial charge is 0.381 e. The molecule has 1 rings (SSSR count). The maximum absolute atomic E-state index is 11.7. The molecule has 0 saturated carbocycles. The van der Waals surface area contributed by atoms with Gasteiger partial charge in [0.1, 0.15) is 0 Å². The minimum Gasteiger partial charge on any atom is -0.381 e. The highest BCUT2D eigenvalue weighted by Crippen LogP contribution is 2.19. The molecule has 3 unspecified atom stereocenters. The molecule has 3 atom stereocenters. The predicted molar refractivity (Wildman–Crippen MR) is 81.5 cm³/mol. The first-order chi connectivity index (χ1) is 9.39. The van der Waals surface area contributed by atoms with E-state index in [0.29, 0.717) is 12.0 Å². The fraction of sp³-hybridized carbons (Fsp3) is 0.933. The van der Waals surface area contributed by atoms with Crippen LogP contribution in [0.25, 0.3) is 0 Å². The number of nitrogens with zero attached hydrogens (tertiary/aromatic N) is 1. The number of hydrogen-bond acceptors (Lipinski definition) is 4. The summed E-state index contributed by atoms with van der Waals surface area (Å²) in [4.78, 5) is 14.0. The van der Waals surface area contributed by atoms with E-state index in [1.54, 1.807) is 0 Å². The molecule has 1 amide bonds. The zero-order valence-corrected chi connectivity index (χ0v) is 13.4. The maximum Gasteiger partial charge on any atom is 0.237 e. The third-order valence-corrected chi connectivity index (χ3v) is 4.37. The number of nitrogens with one attached hydrogen (secondary N) is 1. The minimum atomic E-state index is -0.633. The first kappa shape index (κ1) is 17.4. The van der Waals surface area contributed by atoms with E-state index in [1.807, 2.05) is 13.8 Å². The van der Waals surface area contributed by atoms with Crippen molar-refractivity contribution in [1.82, 2.24) is 10.2 Å². The van der Waals surface area contributed by atoms with Gasteiger partial charge in [-0.05, 0) is 52.6 Å². The van der Waals surface area contributed by atoms with Crippen LogP contribution < -0.4 is 11.1 Å². The van der Waals surface area contributed by atoms with E-state index in [1.165, 1.54) is 6.42 Å². The van der Waals surface area contributed by atoms with Gasteiger partial charge in [0.15, 0.2) is 0 Å². The first-order valence-electron chi connectivity index (χ1n) is 7.72. The van der Waals surface area contributed by atoms with Crippen molar-refractivity contribution in [2.45, 2.75) is 51.6 Å². The summed E-state index contributed by atoms with van der Waals surface area (Å²) in [5.41, 5.74) is 4.92.